The second-order valence-electron chi connectivity index (χ2n) is 3.23. The van der Waals surface area contributed by atoms with E-state index in [0.717, 1.165) is 19.4 Å². The Hall–Kier alpha value is -0.570. The van der Waals surface area contributed by atoms with E-state index in [4.69, 9.17) is 4.74 Å². The quantitative estimate of drug-likeness (QED) is 0.632. The first-order valence-corrected chi connectivity index (χ1v) is 4.54. The average molecular weight is 171 g/mol. The zero-order valence-electron chi connectivity index (χ0n) is 8.04. The van der Waals surface area contributed by atoms with Crippen LogP contribution in [0.1, 0.15) is 26.7 Å². The molecule has 1 atom stereocenters. The van der Waals surface area contributed by atoms with Gasteiger partial charge in [-0.25, -0.2) is 0 Å². The number of carbonyl (C=O) groups is 1. The highest BCUT2D eigenvalue weighted by molar-refractivity contribution is 5.81. The predicted molar refractivity (Wildman–Crippen MR) is 46.9 cm³/mol. The molecule has 0 aromatic carbocycles. The Morgan fingerprint density at radius 1 is 1.67 bits per heavy atom. The molecular formula is C9H17NO2. The molecule has 3 nitrogen and oxygen atoms in total. The summed E-state index contributed by atoms with van der Waals surface area (Å²) in [5.74, 6) is 0.127. The first-order valence-electron chi connectivity index (χ1n) is 4.54. The summed E-state index contributed by atoms with van der Waals surface area (Å²) in [4.78, 5) is 13.5. The molecule has 0 N–H and O–H groups in total. The summed E-state index contributed by atoms with van der Waals surface area (Å²) < 4.78 is 4.98. The first kappa shape index (κ1) is 9.52. The maximum atomic E-state index is 11.6. The van der Waals surface area contributed by atoms with Crippen LogP contribution in [0.25, 0.3) is 0 Å². The van der Waals surface area contributed by atoms with Crippen molar-refractivity contribution in [3.8, 4) is 0 Å². The zero-order chi connectivity index (χ0) is 9.14. The lowest BCUT2D eigenvalue weighted by molar-refractivity contribution is -0.141. The normalized spacial score (nSPS) is 18.9. The van der Waals surface area contributed by atoms with Crippen molar-refractivity contribution < 1.29 is 9.53 Å². The summed E-state index contributed by atoms with van der Waals surface area (Å²) >= 11 is 0. The lowest BCUT2D eigenvalue weighted by Gasteiger charge is -2.23. The molecule has 0 spiro atoms. The Morgan fingerprint density at radius 2 is 2.25 bits per heavy atom. The van der Waals surface area contributed by atoms with Crippen molar-refractivity contribution in [3.05, 3.63) is 0 Å². The van der Waals surface area contributed by atoms with Crippen LogP contribution in [-0.4, -0.2) is 36.6 Å². The number of nitrogens with zero attached hydrogens (tertiary/aromatic N) is 1. The van der Waals surface area contributed by atoms with E-state index >= 15 is 0 Å². The van der Waals surface area contributed by atoms with Crippen LogP contribution in [0.15, 0.2) is 0 Å². The third-order valence-electron chi connectivity index (χ3n) is 2.31. The number of carbonyl (C=O) groups excluding carboxylic acids is 1. The summed E-state index contributed by atoms with van der Waals surface area (Å²) in [7, 11) is 1.57. The molecule has 1 saturated carbocycles. The largest absolute Gasteiger partial charge is 0.372 e. The van der Waals surface area contributed by atoms with Gasteiger partial charge in [0, 0.05) is 19.7 Å². The number of hydrogen-bond acceptors (Lipinski definition) is 2. The second kappa shape index (κ2) is 3.90. The van der Waals surface area contributed by atoms with Crippen LogP contribution in [0.3, 0.4) is 0 Å². The number of hydrogen-bond donors (Lipinski definition) is 0. The van der Waals surface area contributed by atoms with Crippen molar-refractivity contribution in [1.29, 1.82) is 0 Å². The van der Waals surface area contributed by atoms with Gasteiger partial charge in [0.1, 0.15) is 6.10 Å². The van der Waals surface area contributed by atoms with Gasteiger partial charge in [-0.15, -0.1) is 0 Å². The van der Waals surface area contributed by atoms with Crippen molar-refractivity contribution >= 4 is 5.91 Å². The fraction of sp³-hybridized carbons (Fsp3) is 0.889. The predicted octanol–water partition coefficient (Wildman–Crippen LogP) is 1.03. The molecule has 0 bridgehead atoms. The Kier molecular flexibility index (Phi) is 3.09. The molecular weight excluding hydrogens is 154 g/mol. The van der Waals surface area contributed by atoms with Gasteiger partial charge in [0.15, 0.2) is 0 Å². The van der Waals surface area contributed by atoms with Gasteiger partial charge in [0.25, 0.3) is 5.91 Å². The van der Waals surface area contributed by atoms with E-state index in [1.807, 2.05) is 11.8 Å². The third kappa shape index (κ3) is 1.97. The lowest BCUT2D eigenvalue weighted by atomic mass is 10.3. The molecule has 1 aliphatic rings. The molecule has 12 heavy (non-hydrogen) atoms. The number of ether oxygens (including phenoxy) is 1. The van der Waals surface area contributed by atoms with Crippen molar-refractivity contribution in [1.82, 2.24) is 4.90 Å². The topological polar surface area (TPSA) is 29.5 Å². The van der Waals surface area contributed by atoms with Crippen molar-refractivity contribution in [2.24, 2.45) is 0 Å². The molecule has 3 heteroatoms. The van der Waals surface area contributed by atoms with Crippen LogP contribution in [0.2, 0.25) is 0 Å². The fourth-order valence-corrected chi connectivity index (χ4v) is 1.31. The molecule has 0 heterocycles. The van der Waals surface area contributed by atoms with E-state index in [1.54, 1.807) is 14.0 Å². The highest BCUT2D eigenvalue weighted by Gasteiger charge is 2.33. The molecule has 0 aromatic heterocycles. The Balaban J connectivity index is 2.46. The molecule has 0 aromatic rings. The summed E-state index contributed by atoms with van der Waals surface area (Å²) in [6.45, 7) is 4.61. The standard InChI is InChI=1S/C9H17NO2/c1-4-10(8-5-6-8)9(11)7(2)12-3/h7-8H,4-6H2,1-3H3. The Labute approximate surface area is 73.7 Å². The maximum absolute atomic E-state index is 11.6. The van der Waals surface area contributed by atoms with Gasteiger partial charge in [-0.05, 0) is 26.7 Å². The Bertz CT molecular complexity index is 166. The molecule has 1 aliphatic carbocycles. The monoisotopic (exact) mass is 171 g/mol. The number of methoxy groups -OCH3 is 1. The Morgan fingerprint density at radius 3 is 2.58 bits per heavy atom. The first-order chi connectivity index (χ1) is 5.70. The van der Waals surface area contributed by atoms with Crippen LogP contribution in [-0.2, 0) is 9.53 Å². The van der Waals surface area contributed by atoms with E-state index in [0.29, 0.717) is 6.04 Å². The van der Waals surface area contributed by atoms with Crippen molar-refractivity contribution in [2.75, 3.05) is 13.7 Å². The maximum Gasteiger partial charge on any atom is 0.251 e. The van der Waals surface area contributed by atoms with Gasteiger partial charge < -0.3 is 9.64 Å². The fourth-order valence-electron chi connectivity index (χ4n) is 1.31. The summed E-state index contributed by atoms with van der Waals surface area (Å²) in [5.41, 5.74) is 0. The summed E-state index contributed by atoms with van der Waals surface area (Å²) in [5, 5.41) is 0. The highest BCUT2D eigenvalue weighted by atomic mass is 16.5. The van der Waals surface area contributed by atoms with Crippen LogP contribution >= 0.6 is 0 Å². The number of rotatable bonds is 4. The van der Waals surface area contributed by atoms with Gasteiger partial charge >= 0.3 is 0 Å². The van der Waals surface area contributed by atoms with Gasteiger partial charge in [-0.3, -0.25) is 4.79 Å². The van der Waals surface area contributed by atoms with E-state index in [9.17, 15) is 4.79 Å². The van der Waals surface area contributed by atoms with E-state index in [1.165, 1.54) is 0 Å². The molecule has 1 fully saturated rings. The number of amides is 1. The molecule has 70 valence electrons. The van der Waals surface area contributed by atoms with Gasteiger partial charge in [0.05, 0.1) is 0 Å². The second-order valence-corrected chi connectivity index (χ2v) is 3.23. The van der Waals surface area contributed by atoms with Crippen LogP contribution in [0.4, 0.5) is 0 Å². The zero-order valence-corrected chi connectivity index (χ0v) is 8.04. The highest BCUT2D eigenvalue weighted by Crippen LogP contribution is 2.27. The molecule has 0 aliphatic heterocycles. The van der Waals surface area contributed by atoms with E-state index in [-0.39, 0.29) is 12.0 Å². The molecule has 1 rings (SSSR count). The minimum atomic E-state index is -0.287. The lowest BCUT2D eigenvalue weighted by Crippen LogP contribution is -2.39. The molecule has 1 amide bonds. The van der Waals surface area contributed by atoms with Crippen LogP contribution < -0.4 is 0 Å². The molecule has 0 saturated heterocycles. The van der Waals surface area contributed by atoms with Gasteiger partial charge in [-0.2, -0.15) is 0 Å². The smallest absolute Gasteiger partial charge is 0.251 e. The number of likely N-dealkylation sites (N-methyl/N-ethyl adjacent to an activating group) is 1. The third-order valence-corrected chi connectivity index (χ3v) is 2.31. The molecule has 0 radical (unpaired) electrons. The minimum Gasteiger partial charge on any atom is -0.372 e. The average Bonchev–Trinajstić information content (AvgIpc) is 2.88. The van der Waals surface area contributed by atoms with Crippen LogP contribution in [0.5, 0.6) is 0 Å². The summed E-state index contributed by atoms with van der Waals surface area (Å²) in [6.07, 6.45) is 2.04. The van der Waals surface area contributed by atoms with Gasteiger partial charge in [-0.1, -0.05) is 0 Å². The summed E-state index contributed by atoms with van der Waals surface area (Å²) in [6, 6.07) is 0.500. The van der Waals surface area contributed by atoms with Crippen molar-refractivity contribution in [2.45, 2.75) is 38.8 Å². The van der Waals surface area contributed by atoms with Gasteiger partial charge in [0.2, 0.25) is 0 Å². The van der Waals surface area contributed by atoms with Crippen molar-refractivity contribution in [3.63, 3.8) is 0 Å². The minimum absolute atomic E-state index is 0.127. The van der Waals surface area contributed by atoms with E-state index < -0.39 is 0 Å². The SMILES string of the molecule is CCN(C(=O)C(C)OC)C1CC1. The van der Waals surface area contributed by atoms with Crippen LogP contribution in [0, 0.1) is 0 Å². The van der Waals surface area contributed by atoms with E-state index in [2.05, 4.69) is 0 Å². The molecule has 1 unspecified atom stereocenters.